The zero-order valence-corrected chi connectivity index (χ0v) is 10.7. The number of fused-ring (bicyclic) bond motifs is 1. The number of hydrogen-bond acceptors (Lipinski definition) is 1. The van der Waals surface area contributed by atoms with Gasteiger partial charge in [0.15, 0.2) is 0 Å². The molecule has 96 valence electrons. The van der Waals surface area contributed by atoms with Crippen LogP contribution in [0.5, 0.6) is 0 Å². The van der Waals surface area contributed by atoms with Gasteiger partial charge >= 0.3 is 6.03 Å². The first-order valence-corrected chi connectivity index (χ1v) is 7.38. The maximum atomic E-state index is 12.4. The van der Waals surface area contributed by atoms with Crippen LogP contribution in [0.25, 0.3) is 0 Å². The van der Waals surface area contributed by atoms with Crippen LogP contribution in [0.15, 0.2) is 0 Å². The van der Waals surface area contributed by atoms with E-state index in [0.717, 1.165) is 38.0 Å². The van der Waals surface area contributed by atoms with Crippen LogP contribution >= 0.6 is 0 Å². The molecule has 3 nitrogen and oxygen atoms in total. The maximum Gasteiger partial charge on any atom is 0.320 e. The first-order chi connectivity index (χ1) is 8.34. The fraction of sp³-hybridized carbons (Fsp3) is 0.929. The molecule has 3 fully saturated rings. The summed E-state index contributed by atoms with van der Waals surface area (Å²) in [5.41, 5.74) is 0. The summed E-state index contributed by atoms with van der Waals surface area (Å²) in [5, 5.41) is 0. The van der Waals surface area contributed by atoms with Crippen molar-refractivity contribution in [1.29, 1.82) is 0 Å². The largest absolute Gasteiger partial charge is 0.325 e. The number of nitrogens with zero attached hydrogens (tertiary/aromatic N) is 2. The Morgan fingerprint density at radius 1 is 0.765 bits per heavy atom. The molecule has 0 aromatic heterocycles. The van der Waals surface area contributed by atoms with Crippen molar-refractivity contribution in [3.63, 3.8) is 0 Å². The van der Waals surface area contributed by atoms with Gasteiger partial charge in [-0.3, -0.25) is 0 Å². The molecular weight excluding hydrogens is 212 g/mol. The summed E-state index contributed by atoms with van der Waals surface area (Å²) in [4.78, 5) is 16.7. The summed E-state index contributed by atoms with van der Waals surface area (Å²) in [7, 11) is 0. The molecule has 2 saturated heterocycles. The Morgan fingerprint density at radius 3 is 1.94 bits per heavy atom. The van der Waals surface area contributed by atoms with Gasteiger partial charge in [0.25, 0.3) is 0 Å². The molecule has 2 heterocycles. The quantitative estimate of drug-likeness (QED) is 0.634. The average Bonchev–Trinajstić information content (AvgIpc) is 2.80. The van der Waals surface area contributed by atoms with Crippen LogP contribution in [0.1, 0.15) is 44.9 Å². The number of amides is 2. The summed E-state index contributed by atoms with van der Waals surface area (Å²) in [6, 6.07) is 0.335. The molecule has 1 aliphatic carbocycles. The van der Waals surface area contributed by atoms with Crippen molar-refractivity contribution in [2.45, 2.75) is 44.9 Å². The van der Waals surface area contributed by atoms with E-state index >= 15 is 0 Å². The number of rotatable bonds is 0. The van der Waals surface area contributed by atoms with Crippen LogP contribution in [0.4, 0.5) is 4.79 Å². The van der Waals surface area contributed by atoms with Gasteiger partial charge in [-0.2, -0.15) is 0 Å². The Labute approximate surface area is 104 Å². The highest BCUT2D eigenvalue weighted by molar-refractivity contribution is 5.74. The smallest absolute Gasteiger partial charge is 0.320 e. The van der Waals surface area contributed by atoms with Crippen molar-refractivity contribution < 1.29 is 4.79 Å². The number of hydrogen-bond donors (Lipinski definition) is 0. The van der Waals surface area contributed by atoms with Crippen molar-refractivity contribution in [1.82, 2.24) is 9.80 Å². The zero-order chi connectivity index (χ0) is 11.7. The minimum absolute atomic E-state index is 0.335. The van der Waals surface area contributed by atoms with Crippen molar-refractivity contribution in [2.24, 2.45) is 11.8 Å². The van der Waals surface area contributed by atoms with E-state index in [4.69, 9.17) is 0 Å². The Morgan fingerprint density at radius 2 is 1.35 bits per heavy atom. The molecule has 0 aromatic carbocycles. The Bertz CT molecular complexity index is 272. The van der Waals surface area contributed by atoms with Gasteiger partial charge in [0.1, 0.15) is 0 Å². The molecule has 17 heavy (non-hydrogen) atoms. The molecule has 0 spiro atoms. The molecular formula is C14H24N2O. The highest BCUT2D eigenvalue weighted by atomic mass is 16.2. The summed E-state index contributed by atoms with van der Waals surface area (Å²) >= 11 is 0. The first kappa shape index (κ1) is 11.4. The Kier molecular flexibility index (Phi) is 3.26. The van der Waals surface area contributed by atoms with Gasteiger partial charge < -0.3 is 9.80 Å². The molecule has 3 aliphatic rings. The third kappa shape index (κ3) is 2.29. The fourth-order valence-electron chi connectivity index (χ4n) is 3.85. The first-order valence-electron chi connectivity index (χ1n) is 7.38. The predicted molar refractivity (Wildman–Crippen MR) is 67.8 cm³/mol. The van der Waals surface area contributed by atoms with Crippen molar-refractivity contribution in [2.75, 3.05) is 26.2 Å². The summed E-state index contributed by atoms with van der Waals surface area (Å²) in [5.74, 6) is 1.65. The standard InChI is InChI=1S/C14H24N2O/c17-14(15-8-3-1-2-4-9-15)16-10-12-6-5-7-13(12)11-16/h12-13H,1-11H2. The molecule has 3 heteroatoms. The molecule has 3 rings (SSSR count). The van der Waals surface area contributed by atoms with Crippen LogP contribution in [-0.2, 0) is 0 Å². The van der Waals surface area contributed by atoms with Crippen molar-refractivity contribution in [3.05, 3.63) is 0 Å². The van der Waals surface area contributed by atoms with Gasteiger partial charge in [-0.15, -0.1) is 0 Å². The van der Waals surface area contributed by atoms with E-state index in [1.807, 2.05) is 0 Å². The van der Waals surface area contributed by atoms with E-state index in [9.17, 15) is 4.79 Å². The lowest BCUT2D eigenvalue weighted by Gasteiger charge is -2.27. The van der Waals surface area contributed by atoms with Crippen LogP contribution in [0.3, 0.4) is 0 Å². The normalized spacial score (nSPS) is 33.6. The molecule has 2 aliphatic heterocycles. The summed E-state index contributed by atoms with van der Waals surface area (Å²) in [6.45, 7) is 4.06. The van der Waals surface area contributed by atoms with Crippen LogP contribution in [0, 0.1) is 11.8 Å². The van der Waals surface area contributed by atoms with Crippen molar-refractivity contribution in [3.8, 4) is 0 Å². The highest BCUT2D eigenvalue weighted by Gasteiger charge is 2.39. The van der Waals surface area contributed by atoms with Crippen LogP contribution < -0.4 is 0 Å². The second-order valence-corrected chi connectivity index (χ2v) is 6.04. The number of carbonyl (C=O) groups excluding carboxylic acids is 1. The SMILES string of the molecule is O=C(N1CCCCCC1)N1CC2CCCC2C1. The molecule has 2 amide bonds. The molecule has 0 radical (unpaired) electrons. The average molecular weight is 236 g/mol. The number of likely N-dealkylation sites (tertiary alicyclic amines) is 2. The number of urea groups is 1. The molecule has 2 atom stereocenters. The van der Waals surface area contributed by atoms with Crippen LogP contribution in [-0.4, -0.2) is 42.0 Å². The molecule has 0 N–H and O–H groups in total. The van der Waals surface area contributed by atoms with Gasteiger partial charge in [0, 0.05) is 26.2 Å². The Hall–Kier alpha value is -0.730. The van der Waals surface area contributed by atoms with Gasteiger partial charge in [-0.25, -0.2) is 4.79 Å². The third-order valence-electron chi connectivity index (χ3n) is 4.87. The van der Waals surface area contributed by atoms with E-state index in [1.54, 1.807) is 0 Å². The van der Waals surface area contributed by atoms with Gasteiger partial charge in [-0.05, 0) is 37.5 Å². The third-order valence-corrected chi connectivity index (χ3v) is 4.87. The topological polar surface area (TPSA) is 23.6 Å². The second kappa shape index (κ2) is 4.87. The van der Waals surface area contributed by atoms with Crippen molar-refractivity contribution >= 4 is 6.03 Å². The van der Waals surface area contributed by atoms with Gasteiger partial charge in [0.05, 0.1) is 0 Å². The van der Waals surface area contributed by atoms with E-state index in [-0.39, 0.29) is 0 Å². The van der Waals surface area contributed by atoms with Crippen LogP contribution in [0.2, 0.25) is 0 Å². The highest BCUT2D eigenvalue weighted by Crippen LogP contribution is 2.38. The lowest BCUT2D eigenvalue weighted by Crippen LogP contribution is -2.42. The van der Waals surface area contributed by atoms with Gasteiger partial charge in [-0.1, -0.05) is 19.3 Å². The lowest BCUT2D eigenvalue weighted by molar-refractivity contribution is 0.161. The Balaban J connectivity index is 1.58. The summed E-state index contributed by atoms with van der Waals surface area (Å²) < 4.78 is 0. The lowest BCUT2D eigenvalue weighted by atomic mass is 10.0. The van der Waals surface area contributed by atoms with E-state index in [1.165, 1.54) is 44.9 Å². The van der Waals surface area contributed by atoms with E-state index in [0.29, 0.717) is 6.03 Å². The molecule has 1 saturated carbocycles. The monoisotopic (exact) mass is 236 g/mol. The molecule has 0 aromatic rings. The zero-order valence-electron chi connectivity index (χ0n) is 10.7. The summed E-state index contributed by atoms with van der Waals surface area (Å²) in [6.07, 6.45) is 9.10. The minimum Gasteiger partial charge on any atom is -0.325 e. The van der Waals surface area contributed by atoms with E-state index < -0.39 is 0 Å². The second-order valence-electron chi connectivity index (χ2n) is 6.04. The minimum atomic E-state index is 0.335. The maximum absolute atomic E-state index is 12.4. The molecule has 2 unspecified atom stereocenters. The van der Waals surface area contributed by atoms with Gasteiger partial charge in [0.2, 0.25) is 0 Å². The fourth-order valence-corrected chi connectivity index (χ4v) is 3.85. The molecule has 0 bridgehead atoms. The predicted octanol–water partition coefficient (Wildman–Crippen LogP) is 2.71. The van der Waals surface area contributed by atoms with E-state index in [2.05, 4.69) is 9.80 Å². The number of carbonyl (C=O) groups is 1.